The molecule has 106 valence electrons. The molecule has 2 nitrogen and oxygen atoms in total. The van der Waals surface area contributed by atoms with E-state index in [2.05, 4.69) is 35.9 Å². The van der Waals surface area contributed by atoms with Gasteiger partial charge < -0.3 is 5.32 Å². The van der Waals surface area contributed by atoms with Crippen LogP contribution in [0.15, 0.2) is 36.5 Å². The summed E-state index contributed by atoms with van der Waals surface area (Å²) in [5.41, 5.74) is 1.37. The number of nitrogens with one attached hydrogen (secondary N) is 1. The summed E-state index contributed by atoms with van der Waals surface area (Å²) in [6.07, 6.45) is 8.12. The van der Waals surface area contributed by atoms with Crippen LogP contribution in [0, 0.1) is 0 Å². The predicted octanol–water partition coefficient (Wildman–Crippen LogP) is 3.63. The molecule has 1 saturated heterocycles. The van der Waals surface area contributed by atoms with Gasteiger partial charge in [0.2, 0.25) is 0 Å². The van der Waals surface area contributed by atoms with Crippen molar-refractivity contribution in [3.05, 3.63) is 36.5 Å². The SMILES string of the molecule is C=C/C=C\C(=C/C)CN1CCNCC1.CC.CC. The Morgan fingerprint density at radius 3 is 2.17 bits per heavy atom. The maximum Gasteiger partial charge on any atom is 0.0231 e. The number of nitrogens with zero attached hydrogens (tertiary/aromatic N) is 1. The van der Waals surface area contributed by atoms with Crippen LogP contribution in [0.4, 0.5) is 0 Å². The van der Waals surface area contributed by atoms with E-state index in [1.54, 1.807) is 0 Å². The Labute approximate surface area is 114 Å². The van der Waals surface area contributed by atoms with Crippen LogP contribution in [-0.2, 0) is 0 Å². The zero-order valence-electron chi connectivity index (χ0n) is 13.0. The van der Waals surface area contributed by atoms with Crippen LogP contribution in [0.1, 0.15) is 34.6 Å². The molecule has 0 atom stereocenters. The third kappa shape index (κ3) is 10.3. The topological polar surface area (TPSA) is 15.3 Å². The Morgan fingerprint density at radius 2 is 1.72 bits per heavy atom. The monoisotopic (exact) mass is 252 g/mol. The number of allylic oxidation sites excluding steroid dienone is 3. The lowest BCUT2D eigenvalue weighted by Crippen LogP contribution is -2.44. The van der Waals surface area contributed by atoms with Crippen LogP contribution >= 0.6 is 0 Å². The van der Waals surface area contributed by atoms with Gasteiger partial charge in [0.25, 0.3) is 0 Å². The van der Waals surface area contributed by atoms with Gasteiger partial charge in [-0.2, -0.15) is 0 Å². The Kier molecular flexibility index (Phi) is 17.5. The molecule has 0 aromatic carbocycles. The van der Waals surface area contributed by atoms with Crippen molar-refractivity contribution in [2.24, 2.45) is 0 Å². The number of hydrogen-bond acceptors (Lipinski definition) is 2. The van der Waals surface area contributed by atoms with Gasteiger partial charge in [0.1, 0.15) is 0 Å². The highest BCUT2D eigenvalue weighted by Crippen LogP contribution is 2.02. The van der Waals surface area contributed by atoms with E-state index in [0.29, 0.717) is 0 Å². The van der Waals surface area contributed by atoms with Gasteiger partial charge in [-0.3, -0.25) is 4.90 Å². The van der Waals surface area contributed by atoms with E-state index in [0.717, 1.165) is 32.7 Å². The molecule has 0 saturated carbocycles. The van der Waals surface area contributed by atoms with Crippen LogP contribution in [-0.4, -0.2) is 37.6 Å². The molecule has 1 rings (SSSR count). The maximum absolute atomic E-state index is 3.68. The first-order valence-electron chi connectivity index (χ1n) is 7.24. The second-order valence-electron chi connectivity index (χ2n) is 3.48. The second-order valence-corrected chi connectivity index (χ2v) is 3.48. The lowest BCUT2D eigenvalue weighted by Gasteiger charge is -2.27. The average Bonchev–Trinajstić information content (AvgIpc) is 2.48. The van der Waals surface area contributed by atoms with Gasteiger partial charge in [-0.15, -0.1) is 0 Å². The normalized spacial score (nSPS) is 16.4. The molecule has 0 aliphatic carbocycles. The molecule has 0 bridgehead atoms. The molecule has 1 N–H and O–H groups in total. The number of piperazine rings is 1. The van der Waals surface area contributed by atoms with Gasteiger partial charge in [0, 0.05) is 32.7 Å². The van der Waals surface area contributed by atoms with E-state index in [9.17, 15) is 0 Å². The average molecular weight is 252 g/mol. The van der Waals surface area contributed by atoms with E-state index in [1.165, 1.54) is 5.57 Å². The predicted molar refractivity (Wildman–Crippen MR) is 85.1 cm³/mol. The van der Waals surface area contributed by atoms with Crippen molar-refractivity contribution >= 4 is 0 Å². The van der Waals surface area contributed by atoms with Crippen LogP contribution in [0.3, 0.4) is 0 Å². The molecule has 0 aromatic rings. The Balaban J connectivity index is 0. The zero-order chi connectivity index (χ0) is 14.2. The second kappa shape index (κ2) is 16.1. The number of hydrogen-bond donors (Lipinski definition) is 1. The molecular weight excluding hydrogens is 220 g/mol. The van der Waals surface area contributed by atoms with E-state index in [1.807, 2.05) is 39.8 Å². The first-order valence-corrected chi connectivity index (χ1v) is 7.24. The number of rotatable bonds is 4. The Morgan fingerprint density at radius 1 is 1.17 bits per heavy atom. The van der Waals surface area contributed by atoms with Crippen LogP contribution in [0.25, 0.3) is 0 Å². The van der Waals surface area contributed by atoms with Crippen molar-refractivity contribution in [2.75, 3.05) is 32.7 Å². The highest BCUT2D eigenvalue weighted by atomic mass is 15.2. The molecule has 0 radical (unpaired) electrons. The van der Waals surface area contributed by atoms with Gasteiger partial charge in [-0.1, -0.05) is 58.6 Å². The minimum absolute atomic E-state index is 1.06. The van der Waals surface area contributed by atoms with Gasteiger partial charge in [-0.05, 0) is 12.5 Å². The van der Waals surface area contributed by atoms with Crippen LogP contribution < -0.4 is 5.32 Å². The molecule has 0 unspecified atom stereocenters. The van der Waals surface area contributed by atoms with Crippen molar-refractivity contribution in [1.82, 2.24) is 10.2 Å². The van der Waals surface area contributed by atoms with E-state index < -0.39 is 0 Å². The first-order chi connectivity index (χ1) is 8.86. The summed E-state index contributed by atoms with van der Waals surface area (Å²) in [5, 5.41) is 3.35. The summed E-state index contributed by atoms with van der Waals surface area (Å²) in [5.74, 6) is 0. The fourth-order valence-electron chi connectivity index (χ4n) is 1.56. The van der Waals surface area contributed by atoms with Crippen molar-refractivity contribution in [1.29, 1.82) is 0 Å². The zero-order valence-corrected chi connectivity index (χ0v) is 13.0. The van der Waals surface area contributed by atoms with E-state index in [4.69, 9.17) is 0 Å². The lowest BCUT2D eigenvalue weighted by molar-refractivity contribution is 0.261. The molecule has 0 amide bonds. The molecule has 1 aliphatic heterocycles. The minimum Gasteiger partial charge on any atom is -0.314 e. The van der Waals surface area contributed by atoms with Gasteiger partial charge >= 0.3 is 0 Å². The summed E-state index contributed by atoms with van der Waals surface area (Å²) in [7, 11) is 0. The minimum atomic E-state index is 1.06. The van der Waals surface area contributed by atoms with Crippen LogP contribution in [0.2, 0.25) is 0 Å². The summed E-state index contributed by atoms with van der Waals surface area (Å²) in [6.45, 7) is 19.4. The molecule has 18 heavy (non-hydrogen) atoms. The van der Waals surface area contributed by atoms with Crippen molar-refractivity contribution in [2.45, 2.75) is 34.6 Å². The third-order valence-corrected chi connectivity index (χ3v) is 2.43. The van der Waals surface area contributed by atoms with Crippen molar-refractivity contribution in [3.63, 3.8) is 0 Å². The first kappa shape index (κ1) is 19.5. The Hall–Kier alpha value is -0.860. The Bertz CT molecular complexity index is 223. The molecule has 0 aromatic heterocycles. The molecule has 0 spiro atoms. The standard InChI is InChI=1S/C12H20N2.2C2H6/c1-3-5-6-12(4-2)11-14-9-7-13-8-10-14;2*1-2/h3-6,13H,1,7-11H2,2H3;2*1-2H3/b6-5-,12-4+;;. The largest absolute Gasteiger partial charge is 0.314 e. The fourth-order valence-corrected chi connectivity index (χ4v) is 1.56. The van der Waals surface area contributed by atoms with E-state index >= 15 is 0 Å². The molecule has 1 fully saturated rings. The fraction of sp³-hybridized carbons (Fsp3) is 0.625. The summed E-state index contributed by atoms with van der Waals surface area (Å²) in [4.78, 5) is 2.47. The highest BCUT2D eigenvalue weighted by Gasteiger charge is 2.09. The molecule has 1 aliphatic rings. The third-order valence-electron chi connectivity index (χ3n) is 2.43. The van der Waals surface area contributed by atoms with Crippen LogP contribution in [0.5, 0.6) is 0 Å². The molecule has 1 heterocycles. The van der Waals surface area contributed by atoms with E-state index in [-0.39, 0.29) is 0 Å². The summed E-state index contributed by atoms with van der Waals surface area (Å²) in [6, 6.07) is 0. The molecular formula is C16H32N2. The van der Waals surface area contributed by atoms with Crippen molar-refractivity contribution in [3.8, 4) is 0 Å². The lowest BCUT2D eigenvalue weighted by atomic mass is 10.2. The quantitative estimate of drug-likeness (QED) is 0.769. The smallest absolute Gasteiger partial charge is 0.0231 e. The van der Waals surface area contributed by atoms with Gasteiger partial charge in [0.15, 0.2) is 0 Å². The highest BCUT2D eigenvalue weighted by molar-refractivity contribution is 5.22. The maximum atomic E-state index is 3.68. The van der Waals surface area contributed by atoms with Gasteiger partial charge in [-0.25, -0.2) is 0 Å². The summed E-state index contributed by atoms with van der Waals surface area (Å²) >= 11 is 0. The summed E-state index contributed by atoms with van der Waals surface area (Å²) < 4.78 is 0. The van der Waals surface area contributed by atoms with Gasteiger partial charge in [0.05, 0.1) is 0 Å². The van der Waals surface area contributed by atoms with Crippen molar-refractivity contribution < 1.29 is 0 Å². The molecule has 2 heteroatoms.